The number of fused-ring (bicyclic) bond motifs is 1. The molecule has 1 heterocycles. The number of hydrogen-bond acceptors (Lipinski definition) is 3. The Morgan fingerprint density at radius 3 is 2.47 bits per heavy atom. The number of anilines is 2. The molecule has 0 aromatic heterocycles. The quantitative estimate of drug-likeness (QED) is 0.545. The Hall–Kier alpha value is -3.52. The smallest absolute Gasteiger partial charge is 0.311 e. The first-order valence-corrected chi connectivity index (χ1v) is 10.7. The van der Waals surface area contributed by atoms with Crippen LogP contribution in [0.4, 0.5) is 20.6 Å². The van der Waals surface area contributed by atoms with Gasteiger partial charge in [0, 0.05) is 22.6 Å². The third-order valence-corrected chi connectivity index (χ3v) is 5.77. The molecular weight excluding hydrogens is 475 g/mol. The molecule has 1 atom stereocenters. The van der Waals surface area contributed by atoms with E-state index in [4.69, 9.17) is 0 Å². The second-order valence-electron chi connectivity index (χ2n) is 7.36. The molecule has 3 aromatic rings. The summed E-state index contributed by atoms with van der Waals surface area (Å²) in [5, 5.41) is 5.33. The van der Waals surface area contributed by atoms with Crippen molar-refractivity contribution in [1.29, 1.82) is 0 Å². The molecule has 0 radical (unpaired) electrons. The number of halogens is 2. The second-order valence-corrected chi connectivity index (χ2v) is 8.21. The topological polar surface area (TPSA) is 73.8 Å². The number of amides is 3. The number of benzene rings is 3. The van der Waals surface area contributed by atoms with Crippen molar-refractivity contribution in [1.82, 2.24) is 5.32 Å². The van der Waals surface area contributed by atoms with Crippen LogP contribution in [0.25, 0.3) is 0 Å². The number of carbonyl (C=O) groups excluding carboxylic acids is 2. The molecule has 8 heteroatoms. The summed E-state index contributed by atoms with van der Waals surface area (Å²) in [5.41, 5.74) is 3.28. The highest BCUT2D eigenvalue weighted by Gasteiger charge is 2.31. The predicted molar refractivity (Wildman–Crippen MR) is 127 cm³/mol. The molecule has 3 amide bonds. The van der Waals surface area contributed by atoms with Gasteiger partial charge in [0.05, 0.1) is 17.1 Å². The van der Waals surface area contributed by atoms with Gasteiger partial charge in [-0.1, -0.05) is 36.4 Å². The Kier molecular flexibility index (Phi) is 6.05. The zero-order valence-corrected chi connectivity index (χ0v) is 19.0. The molecule has 0 saturated carbocycles. The number of carbonyl (C=O) groups is 2. The van der Waals surface area contributed by atoms with Crippen molar-refractivity contribution < 1.29 is 14.0 Å². The maximum atomic E-state index is 14.7. The van der Waals surface area contributed by atoms with Crippen LogP contribution in [-0.2, 0) is 4.79 Å². The predicted octanol–water partition coefficient (Wildman–Crippen LogP) is 4.86. The van der Waals surface area contributed by atoms with Gasteiger partial charge >= 0.3 is 6.03 Å². The average Bonchev–Trinajstić information content (AvgIpc) is 2.87. The summed E-state index contributed by atoms with van der Waals surface area (Å²) in [7, 11) is 1.60. The molecule has 4 rings (SSSR count). The molecule has 32 heavy (non-hydrogen) atoms. The number of rotatable bonds is 3. The number of benzodiazepines with no additional fused rings is 1. The minimum Gasteiger partial charge on any atom is -0.311 e. The van der Waals surface area contributed by atoms with Crippen molar-refractivity contribution in [3.63, 3.8) is 0 Å². The van der Waals surface area contributed by atoms with Crippen LogP contribution in [0.3, 0.4) is 0 Å². The molecular formula is C24H20BrFN4O2. The van der Waals surface area contributed by atoms with Gasteiger partial charge in [-0.15, -0.1) is 0 Å². The summed E-state index contributed by atoms with van der Waals surface area (Å²) in [4.78, 5) is 31.8. The number of hydrogen-bond donors (Lipinski definition) is 2. The molecule has 1 aliphatic rings. The van der Waals surface area contributed by atoms with Crippen molar-refractivity contribution in [2.75, 3.05) is 17.3 Å². The third kappa shape index (κ3) is 4.27. The lowest BCUT2D eigenvalue weighted by molar-refractivity contribution is -0.119. The molecule has 162 valence electrons. The number of aliphatic imine (C=N–C) groups is 1. The van der Waals surface area contributed by atoms with Crippen LogP contribution in [0.1, 0.15) is 16.7 Å². The van der Waals surface area contributed by atoms with Crippen LogP contribution in [0.15, 0.2) is 76.2 Å². The van der Waals surface area contributed by atoms with E-state index in [-0.39, 0.29) is 5.56 Å². The van der Waals surface area contributed by atoms with Gasteiger partial charge in [0.15, 0.2) is 0 Å². The minimum absolute atomic E-state index is 0.247. The molecule has 3 aromatic carbocycles. The molecule has 6 nitrogen and oxygen atoms in total. The Morgan fingerprint density at radius 1 is 1.06 bits per heavy atom. The van der Waals surface area contributed by atoms with Crippen molar-refractivity contribution in [2.45, 2.75) is 13.1 Å². The first-order valence-electron chi connectivity index (χ1n) is 9.88. The highest BCUT2D eigenvalue weighted by molar-refractivity contribution is 9.10. The van der Waals surface area contributed by atoms with E-state index in [1.807, 2.05) is 19.1 Å². The van der Waals surface area contributed by atoms with Crippen LogP contribution in [-0.4, -0.2) is 30.9 Å². The fourth-order valence-electron chi connectivity index (χ4n) is 3.49. The third-order valence-electron chi connectivity index (χ3n) is 5.11. The summed E-state index contributed by atoms with van der Waals surface area (Å²) in [6, 6.07) is 18.2. The van der Waals surface area contributed by atoms with Crippen LogP contribution >= 0.6 is 15.9 Å². The molecule has 1 aliphatic heterocycles. The van der Waals surface area contributed by atoms with E-state index in [2.05, 4.69) is 31.6 Å². The maximum absolute atomic E-state index is 14.7. The lowest BCUT2D eigenvalue weighted by Crippen LogP contribution is -2.47. The number of likely N-dealkylation sites (N-methyl/N-ethyl adjacent to an activating group) is 1. The number of nitrogens with one attached hydrogen (secondary N) is 2. The highest BCUT2D eigenvalue weighted by atomic mass is 79.9. The van der Waals surface area contributed by atoms with Gasteiger partial charge in [-0.3, -0.25) is 4.79 Å². The van der Waals surface area contributed by atoms with E-state index in [1.54, 1.807) is 55.6 Å². The number of urea groups is 1. The SMILES string of the molecule is Cc1ccc(NC(=O)NC2N=C(c3ccccc3F)c3ccccc3N(C)C2=O)c(Br)c1. The zero-order chi connectivity index (χ0) is 22.8. The van der Waals surface area contributed by atoms with Crippen molar-refractivity contribution in [3.8, 4) is 0 Å². The molecule has 0 aliphatic carbocycles. The van der Waals surface area contributed by atoms with E-state index in [0.29, 0.717) is 27.1 Å². The van der Waals surface area contributed by atoms with Gasteiger partial charge in [-0.25, -0.2) is 14.2 Å². The van der Waals surface area contributed by atoms with Gasteiger partial charge in [0.1, 0.15) is 5.82 Å². The van der Waals surface area contributed by atoms with Gasteiger partial charge in [-0.2, -0.15) is 0 Å². The van der Waals surface area contributed by atoms with Crippen LogP contribution in [0, 0.1) is 12.7 Å². The largest absolute Gasteiger partial charge is 0.321 e. The molecule has 1 unspecified atom stereocenters. The van der Waals surface area contributed by atoms with Gasteiger partial charge < -0.3 is 15.5 Å². The Balaban J connectivity index is 1.71. The van der Waals surface area contributed by atoms with Crippen LogP contribution in [0.5, 0.6) is 0 Å². The van der Waals surface area contributed by atoms with Gasteiger partial charge in [0.2, 0.25) is 6.17 Å². The van der Waals surface area contributed by atoms with Crippen molar-refractivity contribution in [3.05, 3.63) is 93.7 Å². The summed E-state index contributed by atoms with van der Waals surface area (Å²) in [6.45, 7) is 1.94. The van der Waals surface area contributed by atoms with Gasteiger partial charge in [0.25, 0.3) is 5.91 Å². The maximum Gasteiger partial charge on any atom is 0.321 e. The zero-order valence-electron chi connectivity index (χ0n) is 17.4. The van der Waals surface area contributed by atoms with E-state index >= 15 is 0 Å². The van der Waals surface area contributed by atoms with E-state index in [0.717, 1.165) is 5.56 Å². The van der Waals surface area contributed by atoms with E-state index in [9.17, 15) is 14.0 Å². The number of aryl methyl sites for hydroxylation is 1. The average molecular weight is 495 g/mol. The lowest BCUT2D eigenvalue weighted by Gasteiger charge is -2.21. The lowest BCUT2D eigenvalue weighted by atomic mass is 10.00. The van der Waals surface area contributed by atoms with Crippen molar-refractivity contribution >= 4 is 45.0 Å². The normalized spacial score (nSPS) is 15.5. The Bertz CT molecular complexity index is 1240. The fourth-order valence-corrected chi connectivity index (χ4v) is 4.08. The summed E-state index contributed by atoms with van der Waals surface area (Å²) >= 11 is 3.42. The molecule has 0 bridgehead atoms. The van der Waals surface area contributed by atoms with E-state index < -0.39 is 23.9 Å². The summed E-state index contributed by atoms with van der Waals surface area (Å²) in [5.74, 6) is -0.910. The van der Waals surface area contributed by atoms with Crippen molar-refractivity contribution in [2.24, 2.45) is 4.99 Å². The Labute approximate surface area is 193 Å². The molecule has 0 fully saturated rings. The number of para-hydroxylation sites is 1. The first kappa shape index (κ1) is 21.7. The highest BCUT2D eigenvalue weighted by Crippen LogP contribution is 2.28. The van der Waals surface area contributed by atoms with Gasteiger partial charge in [-0.05, 0) is 58.7 Å². The molecule has 0 spiro atoms. The fraction of sp³-hybridized carbons (Fsp3) is 0.125. The minimum atomic E-state index is -1.24. The van der Waals surface area contributed by atoms with Crippen LogP contribution in [0.2, 0.25) is 0 Å². The van der Waals surface area contributed by atoms with Crippen LogP contribution < -0.4 is 15.5 Å². The first-order chi connectivity index (χ1) is 15.3. The Morgan fingerprint density at radius 2 is 1.75 bits per heavy atom. The number of nitrogens with zero attached hydrogens (tertiary/aromatic N) is 2. The standard InChI is InChI=1S/C24H20BrFN4O2/c1-14-11-12-19(17(25)13-14)27-24(32)29-22-23(31)30(2)20-10-6-4-8-16(20)21(28-22)15-7-3-5-9-18(15)26/h3-13,22H,1-2H3,(H2,27,29,32). The summed E-state index contributed by atoms with van der Waals surface area (Å²) < 4.78 is 15.4. The second kappa shape index (κ2) is 8.92. The molecule has 2 N–H and O–H groups in total. The van der Waals surface area contributed by atoms with E-state index in [1.165, 1.54) is 11.0 Å². The molecule has 0 saturated heterocycles. The summed E-state index contributed by atoms with van der Waals surface area (Å²) in [6.07, 6.45) is -1.24. The monoisotopic (exact) mass is 494 g/mol.